The Balaban J connectivity index is 1.49. The van der Waals surface area contributed by atoms with Crippen molar-refractivity contribution in [3.63, 3.8) is 0 Å². The van der Waals surface area contributed by atoms with Crippen molar-refractivity contribution in [1.82, 2.24) is 9.29 Å². The third-order valence-electron chi connectivity index (χ3n) is 4.59. The summed E-state index contributed by atoms with van der Waals surface area (Å²) in [6.45, 7) is 2.12. The molecule has 0 atom stereocenters. The fourth-order valence-electron chi connectivity index (χ4n) is 3.12. The molecular formula is C19H21N3O4S. The van der Waals surface area contributed by atoms with Crippen molar-refractivity contribution in [2.45, 2.75) is 11.4 Å². The first-order chi connectivity index (χ1) is 13.0. The van der Waals surface area contributed by atoms with Crippen molar-refractivity contribution in [2.24, 2.45) is 0 Å². The zero-order chi connectivity index (χ0) is 18.9. The van der Waals surface area contributed by atoms with E-state index in [2.05, 4.69) is 4.98 Å². The number of sulfonamides is 1. The van der Waals surface area contributed by atoms with Crippen LogP contribution in [0.4, 0.5) is 5.82 Å². The van der Waals surface area contributed by atoms with Crippen LogP contribution in [-0.4, -0.2) is 51.1 Å². The van der Waals surface area contributed by atoms with Crippen molar-refractivity contribution in [3.05, 3.63) is 54.4 Å². The van der Waals surface area contributed by atoms with Crippen LogP contribution in [0.1, 0.15) is 5.76 Å². The SMILES string of the molecule is CN(Cc1cc2ccccc2o1)c1ccc(S(=O)(=O)N2CCOCC2)cn1. The lowest BCUT2D eigenvalue weighted by atomic mass is 10.2. The lowest BCUT2D eigenvalue weighted by Gasteiger charge is -2.26. The maximum atomic E-state index is 12.7. The molecule has 8 heteroatoms. The smallest absolute Gasteiger partial charge is 0.244 e. The van der Waals surface area contributed by atoms with Crippen LogP contribution in [0.3, 0.4) is 0 Å². The quantitative estimate of drug-likeness (QED) is 0.670. The minimum absolute atomic E-state index is 0.199. The molecule has 142 valence electrons. The van der Waals surface area contributed by atoms with Crippen LogP contribution in [0.2, 0.25) is 0 Å². The fraction of sp³-hybridized carbons (Fsp3) is 0.316. The van der Waals surface area contributed by atoms with Crippen LogP contribution < -0.4 is 4.90 Å². The molecule has 3 heterocycles. The highest BCUT2D eigenvalue weighted by atomic mass is 32.2. The second-order valence-electron chi connectivity index (χ2n) is 6.48. The zero-order valence-electron chi connectivity index (χ0n) is 15.0. The number of nitrogens with zero attached hydrogens (tertiary/aromatic N) is 3. The third kappa shape index (κ3) is 3.69. The first-order valence-corrected chi connectivity index (χ1v) is 10.2. The number of rotatable bonds is 5. The minimum atomic E-state index is -3.53. The Morgan fingerprint density at radius 2 is 1.93 bits per heavy atom. The summed E-state index contributed by atoms with van der Waals surface area (Å²) < 4.78 is 37.8. The monoisotopic (exact) mass is 387 g/mol. The van der Waals surface area contributed by atoms with Crippen LogP contribution in [-0.2, 0) is 21.3 Å². The summed E-state index contributed by atoms with van der Waals surface area (Å²) in [5.41, 5.74) is 0.848. The van der Waals surface area contributed by atoms with Gasteiger partial charge in [-0.05, 0) is 24.3 Å². The van der Waals surface area contributed by atoms with E-state index in [1.807, 2.05) is 42.3 Å². The number of anilines is 1. The molecule has 0 unspecified atom stereocenters. The second-order valence-corrected chi connectivity index (χ2v) is 8.41. The number of fused-ring (bicyclic) bond motifs is 1. The molecule has 1 aliphatic rings. The summed E-state index contributed by atoms with van der Waals surface area (Å²) in [6.07, 6.45) is 1.41. The van der Waals surface area contributed by atoms with Gasteiger partial charge in [0.05, 0.1) is 19.8 Å². The van der Waals surface area contributed by atoms with E-state index < -0.39 is 10.0 Å². The van der Waals surface area contributed by atoms with E-state index >= 15 is 0 Å². The Kier molecular flexibility index (Phi) is 4.86. The molecule has 2 aromatic heterocycles. The molecule has 1 aromatic carbocycles. The van der Waals surface area contributed by atoms with Crippen LogP contribution in [0, 0.1) is 0 Å². The van der Waals surface area contributed by atoms with Crippen molar-refractivity contribution in [3.8, 4) is 0 Å². The average Bonchev–Trinajstić information content (AvgIpc) is 3.11. The molecule has 0 bridgehead atoms. The fourth-order valence-corrected chi connectivity index (χ4v) is 4.47. The molecule has 0 saturated carbocycles. The Morgan fingerprint density at radius 1 is 1.15 bits per heavy atom. The predicted molar refractivity (Wildman–Crippen MR) is 102 cm³/mol. The lowest BCUT2D eigenvalue weighted by Crippen LogP contribution is -2.40. The van der Waals surface area contributed by atoms with Crippen molar-refractivity contribution < 1.29 is 17.6 Å². The molecule has 1 aliphatic heterocycles. The Morgan fingerprint density at radius 3 is 2.63 bits per heavy atom. The van der Waals surface area contributed by atoms with Gasteiger partial charge in [0.2, 0.25) is 10.0 Å². The van der Waals surface area contributed by atoms with Crippen molar-refractivity contribution in [2.75, 3.05) is 38.3 Å². The van der Waals surface area contributed by atoms with Gasteiger partial charge in [0.25, 0.3) is 0 Å². The van der Waals surface area contributed by atoms with Gasteiger partial charge in [0.1, 0.15) is 22.1 Å². The number of para-hydroxylation sites is 1. The highest BCUT2D eigenvalue weighted by Gasteiger charge is 2.26. The number of hydrogen-bond acceptors (Lipinski definition) is 6. The van der Waals surface area contributed by atoms with E-state index in [-0.39, 0.29) is 4.90 Å². The number of ether oxygens (including phenoxy) is 1. The molecule has 3 aromatic rings. The Hall–Kier alpha value is -2.42. The van der Waals surface area contributed by atoms with Gasteiger partial charge in [-0.2, -0.15) is 4.31 Å². The zero-order valence-corrected chi connectivity index (χ0v) is 15.9. The number of benzene rings is 1. The molecule has 1 fully saturated rings. The van der Waals surface area contributed by atoms with Crippen molar-refractivity contribution in [1.29, 1.82) is 0 Å². The number of pyridine rings is 1. The first kappa shape index (κ1) is 18.0. The van der Waals surface area contributed by atoms with Gasteiger partial charge in [0, 0.05) is 31.7 Å². The molecule has 0 amide bonds. The van der Waals surface area contributed by atoms with Gasteiger partial charge in [0.15, 0.2) is 0 Å². The van der Waals surface area contributed by atoms with Crippen LogP contribution in [0.15, 0.2) is 58.0 Å². The maximum Gasteiger partial charge on any atom is 0.244 e. The van der Waals surface area contributed by atoms with Crippen LogP contribution >= 0.6 is 0 Å². The van der Waals surface area contributed by atoms with Crippen LogP contribution in [0.5, 0.6) is 0 Å². The molecular weight excluding hydrogens is 366 g/mol. The van der Waals surface area contributed by atoms with E-state index in [0.29, 0.717) is 38.7 Å². The topological polar surface area (TPSA) is 75.9 Å². The summed E-state index contributed by atoms with van der Waals surface area (Å²) >= 11 is 0. The lowest BCUT2D eigenvalue weighted by molar-refractivity contribution is 0.0730. The highest BCUT2D eigenvalue weighted by Crippen LogP contribution is 2.22. The number of hydrogen-bond donors (Lipinski definition) is 0. The molecule has 27 heavy (non-hydrogen) atoms. The molecule has 4 rings (SSSR count). The van der Waals surface area contributed by atoms with E-state index in [1.54, 1.807) is 12.1 Å². The van der Waals surface area contributed by atoms with Gasteiger partial charge in [-0.3, -0.25) is 0 Å². The molecule has 0 spiro atoms. The first-order valence-electron chi connectivity index (χ1n) is 8.76. The highest BCUT2D eigenvalue weighted by molar-refractivity contribution is 7.89. The van der Waals surface area contributed by atoms with E-state index in [9.17, 15) is 8.42 Å². The number of morpholine rings is 1. The van der Waals surface area contributed by atoms with Crippen molar-refractivity contribution >= 4 is 26.8 Å². The summed E-state index contributed by atoms with van der Waals surface area (Å²) in [7, 11) is -1.63. The van der Waals surface area contributed by atoms with E-state index in [4.69, 9.17) is 9.15 Å². The Bertz CT molecular complexity index is 992. The normalized spacial score (nSPS) is 15.9. The van der Waals surface area contributed by atoms with Gasteiger partial charge in [-0.25, -0.2) is 13.4 Å². The molecule has 0 radical (unpaired) electrons. The minimum Gasteiger partial charge on any atom is -0.459 e. The maximum absolute atomic E-state index is 12.7. The largest absolute Gasteiger partial charge is 0.459 e. The third-order valence-corrected chi connectivity index (χ3v) is 6.47. The van der Waals surface area contributed by atoms with Crippen LogP contribution in [0.25, 0.3) is 11.0 Å². The molecule has 7 nitrogen and oxygen atoms in total. The predicted octanol–water partition coefficient (Wildman–Crippen LogP) is 2.49. The molecule has 1 saturated heterocycles. The van der Waals surface area contributed by atoms with Gasteiger partial charge in [-0.15, -0.1) is 0 Å². The van der Waals surface area contributed by atoms with Gasteiger partial charge < -0.3 is 14.1 Å². The summed E-state index contributed by atoms with van der Waals surface area (Å²) in [5, 5.41) is 1.06. The second kappa shape index (κ2) is 7.30. The molecule has 0 aliphatic carbocycles. The standard InChI is InChI=1S/C19H21N3O4S/c1-21(14-16-12-15-4-2-3-5-18(15)26-16)19-7-6-17(13-20-19)27(23,24)22-8-10-25-11-9-22/h2-7,12-13H,8-11,14H2,1H3. The average molecular weight is 387 g/mol. The van der Waals surface area contributed by atoms with E-state index in [1.165, 1.54) is 10.5 Å². The summed E-state index contributed by atoms with van der Waals surface area (Å²) in [4.78, 5) is 6.46. The van der Waals surface area contributed by atoms with E-state index in [0.717, 1.165) is 16.7 Å². The summed E-state index contributed by atoms with van der Waals surface area (Å²) in [5.74, 6) is 1.50. The van der Waals surface area contributed by atoms with Gasteiger partial charge in [-0.1, -0.05) is 18.2 Å². The summed E-state index contributed by atoms with van der Waals surface area (Å²) in [6, 6.07) is 13.2. The van der Waals surface area contributed by atoms with Gasteiger partial charge >= 0.3 is 0 Å². The Labute approximate surface area is 158 Å². The molecule has 0 N–H and O–H groups in total. The number of furan rings is 1. The number of aromatic nitrogens is 1.